The molecule has 0 aliphatic carbocycles. The summed E-state index contributed by atoms with van der Waals surface area (Å²) in [5, 5.41) is 0. The van der Waals surface area contributed by atoms with E-state index in [-0.39, 0.29) is 0 Å². The zero-order chi connectivity index (χ0) is 11.5. The van der Waals surface area contributed by atoms with Crippen LogP contribution in [-0.4, -0.2) is 26.0 Å². The van der Waals surface area contributed by atoms with Crippen LogP contribution in [0.1, 0.15) is 5.56 Å². The summed E-state index contributed by atoms with van der Waals surface area (Å²) in [4.78, 5) is 0. The van der Waals surface area contributed by atoms with E-state index in [0.29, 0.717) is 0 Å². The summed E-state index contributed by atoms with van der Waals surface area (Å²) < 4.78 is 7.30. The molecule has 0 saturated heterocycles. The van der Waals surface area contributed by atoms with E-state index < -0.39 is 8.32 Å². The average Bonchev–Trinajstić information content (AvgIpc) is 2.08. The zero-order valence-electron chi connectivity index (χ0n) is 10.1. The monoisotopic (exact) mass is 212 g/mol. The van der Waals surface area contributed by atoms with Gasteiger partial charge in [0.1, 0.15) is 0 Å². The van der Waals surface area contributed by atoms with Crippen molar-refractivity contribution in [3.63, 3.8) is 0 Å². The molecule has 0 unspecified atom stereocenters. The predicted molar refractivity (Wildman–Crippen MR) is 69.7 cm³/mol. The first kappa shape index (κ1) is 12.6. The molecule has 0 heterocycles. The molecule has 0 saturated carbocycles. The van der Waals surface area contributed by atoms with Crippen LogP contribution in [0.3, 0.4) is 0 Å². The van der Waals surface area contributed by atoms with E-state index in [1.54, 1.807) is 0 Å². The van der Waals surface area contributed by atoms with E-state index in [2.05, 4.69) is 62.1 Å². The molecule has 76 valence electrons. The van der Waals surface area contributed by atoms with Gasteiger partial charge in [0.2, 0.25) is 0 Å². The van der Waals surface area contributed by atoms with E-state index in [1.165, 1.54) is 9.80 Å². The van der Waals surface area contributed by atoms with Crippen LogP contribution in [0.2, 0.25) is 19.6 Å². The van der Waals surface area contributed by atoms with Gasteiger partial charge in [-0.25, -0.2) is 0 Å². The summed E-state index contributed by atoms with van der Waals surface area (Å²) >= 11 is 2.10. The standard InChI is InChI=1S/C12H17OSi.Li/c1-5-8-11-9-6-7-10-12(11)13-14(2,3)4;/h5,7,9-10H,1,8H2,2-4H3;. The van der Waals surface area contributed by atoms with Gasteiger partial charge in [0.25, 0.3) is 0 Å². The van der Waals surface area contributed by atoms with Crippen molar-refractivity contribution < 1.29 is 4.43 Å². The molecular formula is C12H17LiOSi. The second kappa shape index (κ2) is 5.07. The van der Waals surface area contributed by atoms with E-state index in [4.69, 9.17) is 4.43 Å². The van der Waals surface area contributed by atoms with Crippen LogP contribution in [0, 0.1) is 0 Å². The normalized spacial score (nSPS) is 11.3. The molecule has 0 spiro atoms. The number of hydrogen-bond acceptors (Lipinski definition) is 1. The van der Waals surface area contributed by atoms with E-state index in [0.717, 1.165) is 12.2 Å². The quantitative estimate of drug-likeness (QED) is 0.550. The molecule has 0 radical (unpaired) electrons. The Bertz CT molecular complexity index is 355. The van der Waals surface area contributed by atoms with Crippen molar-refractivity contribution in [2.24, 2.45) is 0 Å². The fraction of sp³-hybridized carbons (Fsp3) is 0.333. The first-order valence-corrected chi connectivity index (χ1v) is 8.72. The van der Waals surface area contributed by atoms with Gasteiger partial charge in [0.05, 0.1) is 0 Å². The van der Waals surface area contributed by atoms with Crippen LogP contribution < -0.4 is 8.66 Å². The van der Waals surface area contributed by atoms with Crippen molar-refractivity contribution >= 4 is 30.3 Å². The molecule has 0 bridgehead atoms. The molecule has 1 nitrogen and oxygen atoms in total. The number of allylic oxidation sites excluding steroid dienone is 1. The topological polar surface area (TPSA) is 9.23 Å². The van der Waals surface area contributed by atoms with E-state index in [1.807, 2.05) is 6.08 Å². The molecule has 0 aromatic heterocycles. The second-order valence-corrected chi connectivity index (χ2v) is 9.25. The van der Waals surface area contributed by atoms with Crippen LogP contribution in [0.25, 0.3) is 0 Å². The Balaban J connectivity index is 3.00. The molecule has 0 aliphatic heterocycles. The molecule has 1 aromatic carbocycles. The van der Waals surface area contributed by atoms with Crippen molar-refractivity contribution in [1.29, 1.82) is 0 Å². The Kier molecular flexibility index (Phi) is 4.27. The van der Waals surface area contributed by atoms with Crippen molar-refractivity contribution in [3.8, 4) is 5.75 Å². The van der Waals surface area contributed by atoms with E-state index in [9.17, 15) is 0 Å². The SMILES string of the molecule is [Li][c]1ccc(O[Si](C)(C)C)c(CC=C)c1. The second-order valence-electron chi connectivity index (χ2n) is 4.82. The molecule has 0 fully saturated rings. The Hall–Kier alpha value is -0.426. The maximum absolute atomic E-state index is 6.03. The molecule has 1 aromatic rings. The Morgan fingerprint density at radius 1 is 1.40 bits per heavy atom. The van der Waals surface area contributed by atoms with Gasteiger partial charge in [-0.2, -0.15) is 0 Å². The van der Waals surface area contributed by atoms with Gasteiger partial charge in [-0.1, -0.05) is 0 Å². The predicted octanol–water partition coefficient (Wildman–Crippen LogP) is 2.42. The van der Waals surface area contributed by atoms with E-state index >= 15 is 0 Å². The minimum atomic E-state index is -1.51. The van der Waals surface area contributed by atoms with Crippen LogP contribution in [0.5, 0.6) is 5.75 Å². The molecule has 3 heteroatoms. The fourth-order valence-electron chi connectivity index (χ4n) is 1.45. The first-order chi connectivity index (χ1) is 6.92. The van der Waals surface area contributed by atoms with Crippen LogP contribution >= 0.6 is 0 Å². The molecule has 15 heavy (non-hydrogen) atoms. The van der Waals surface area contributed by atoms with Crippen molar-refractivity contribution in [3.05, 3.63) is 36.4 Å². The maximum atomic E-state index is 6.03. The van der Waals surface area contributed by atoms with Crippen molar-refractivity contribution in [2.75, 3.05) is 0 Å². The summed E-state index contributed by atoms with van der Waals surface area (Å²) in [5.74, 6) is 1.03. The fourth-order valence-corrected chi connectivity index (χ4v) is 2.31. The average molecular weight is 212 g/mol. The van der Waals surface area contributed by atoms with Crippen molar-refractivity contribution in [2.45, 2.75) is 26.1 Å². The minimum absolute atomic E-state index is 0.876. The summed E-state index contributed by atoms with van der Waals surface area (Å²) in [6.45, 7) is 10.4. The van der Waals surface area contributed by atoms with Gasteiger partial charge in [-0.15, -0.1) is 0 Å². The van der Waals surface area contributed by atoms with Gasteiger partial charge in [0, 0.05) is 0 Å². The number of hydrogen-bond donors (Lipinski definition) is 0. The Morgan fingerprint density at radius 3 is 2.60 bits per heavy atom. The van der Waals surface area contributed by atoms with Gasteiger partial charge in [-0.05, 0) is 0 Å². The summed E-state index contributed by atoms with van der Waals surface area (Å²) in [7, 11) is -1.51. The Morgan fingerprint density at radius 2 is 2.07 bits per heavy atom. The number of rotatable bonds is 4. The van der Waals surface area contributed by atoms with Crippen LogP contribution in [0.4, 0.5) is 0 Å². The summed E-state index contributed by atoms with van der Waals surface area (Å²) in [6.07, 6.45) is 2.80. The van der Waals surface area contributed by atoms with Gasteiger partial charge in [-0.3, -0.25) is 0 Å². The third-order valence-corrected chi connectivity index (χ3v) is 2.83. The van der Waals surface area contributed by atoms with Crippen LogP contribution in [-0.2, 0) is 6.42 Å². The molecular weight excluding hydrogens is 195 g/mol. The molecule has 0 atom stereocenters. The summed E-state index contributed by atoms with van der Waals surface area (Å²) in [5.41, 5.74) is 1.24. The van der Waals surface area contributed by atoms with Gasteiger partial charge in [0.15, 0.2) is 0 Å². The molecule has 1 rings (SSSR count). The van der Waals surface area contributed by atoms with Gasteiger partial charge >= 0.3 is 103 Å². The van der Waals surface area contributed by atoms with Crippen molar-refractivity contribution in [1.82, 2.24) is 0 Å². The van der Waals surface area contributed by atoms with Gasteiger partial charge < -0.3 is 0 Å². The third-order valence-electron chi connectivity index (χ3n) is 2.00. The molecule has 0 N–H and O–H groups in total. The molecule has 0 amide bonds. The zero-order valence-corrected chi connectivity index (χ0v) is 11.1. The number of benzene rings is 1. The summed E-state index contributed by atoms with van der Waals surface area (Å²) in [6, 6.07) is 6.35. The molecule has 0 aliphatic rings. The first-order valence-electron chi connectivity index (χ1n) is 5.32. The Labute approximate surface area is 103 Å². The third kappa shape index (κ3) is 4.30. The van der Waals surface area contributed by atoms with Crippen LogP contribution in [0.15, 0.2) is 30.9 Å².